The second-order valence-corrected chi connectivity index (χ2v) is 1.87. The van der Waals surface area contributed by atoms with Gasteiger partial charge in [0, 0.05) is 6.20 Å². The van der Waals surface area contributed by atoms with E-state index in [2.05, 4.69) is 11.6 Å². The van der Waals surface area contributed by atoms with Gasteiger partial charge in [-0.3, -0.25) is 4.98 Å². The summed E-state index contributed by atoms with van der Waals surface area (Å²) in [4.78, 5) is 3.96. The molecule has 0 aliphatic heterocycles. The first kappa shape index (κ1) is 7.03. The molecule has 0 bridgehead atoms. The normalized spacial score (nSPS) is 8.90. The van der Waals surface area contributed by atoms with Crippen molar-refractivity contribution < 1.29 is 5.02 Å². The van der Waals surface area contributed by atoms with E-state index >= 15 is 0 Å². The van der Waals surface area contributed by atoms with E-state index in [1.165, 1.54) is 0 Å². The third-order valence-corrected chi connectivity index (χ3v) is 1.15. The highest BCUT2D eigenvalue weighted by Crippen LogP contribution is 2.03. The predicted molar refractivity (Wildman–Crippen MR) is 41.2 cm³/mol. The highest BCUT2D eigenvalue weighted by Gasteiger charge is 1.97. The highest BCUT2D eigenvalue weighted by molar-refractivity contribution is 6.53. The second-order valence-electron chi connectivity index (χ2n) is 1.87. The van der Waals surface area contributed by atoms with E-state index in [9.17, 15) is 0 Å². The first-order valence-corrected chi connectivity index (χ1v) is 2.92. The summed E-state index contributed by atoms with van der Waals surface area (Å²) in [6.45, 7) is 3.58. The summed E-state index contributed by atoms with van der Waals surface area (Å²) in [5.41, 5.74) is 1.23. The van der Waals surface area contributed by atoms with Crippen LogP contribution in [0.3, 0.4) is 0 Å². The molecule has 1 N–H and O–H groups in total. The topological polar surface area (TPSA) is 33.1 Å². The molecule has 0 atom stereocenters. The van der Waals surface area contributed by atoms with Crippen LogP contribution in [0.25, 0.3) is 5.47 Å². The van der Waals surface area contributed by atoms with Crippen molar-refractivity contribution in [2.75, 3.05) is 0 Å². The maximum atomic E-state index is 8.52. The molecule has 1 rings (SSSR count). The average Bonchev–Trinajstić information content (AvgIpc) is 2.05. The summed E-state index contributed by atoms with van der Waals surface area (Å²) in [7, 11) is 0.947. The molecule has 3 heteroatoms. The van der Waals surface area contributed by atoms with Crippen molar-refractivity contribution in [1.82, 2.24) is 4.98 Å². The van der Waals surface area contributed by atoms with E-state index < -0.39 is 0 Å². The number of hydrogen-bond acceptors (Lipinski definition) is 2. The van der Waals surface area contributed by atoms with E-state index in [0.717, 1.165) is 7.48 Å². The smallest absolute Gasteiger partial charge is 0.328 e. The third kappa shape index (κ3) is 1.45. The van der Waals surface area contributed by atoms with Crippen LogP contribution < -0.4 is 0 Å². The Kier molecular flexibility index (Phi) is 2.23. The molecule has 1 radical (unpaired) electrons. The van der Waals surface area contributed by atoms with Crippen LogP contribution in [0.4, 0.5) is 0 Å². The van der Waals surface area contributed by atoms with Crippen LogP contribution in [-0.2, 0) is 0 Å². The van der Waals surface area contributed by atoms with Gasteiger partial charge in [0.2, 0.25) is 0 Å². The lowest BCUT2D eigenvalue weighted by molar-refractivity contribution is 0.616. The van der Waals surface area contributed by atoms with Crippen LogP contribution in [0.2, 0.25) is 0 Å². The lowest BCUT2D eigenvalue weighted by atomic mass is 9.87. The Bertz CT molecular complexity index is 222. The zero-order valence-corrected chi connectivity index (χ0v) is 5.49. The fraction of sp³-hybridized carbons (Fsp3) is 0. The summed E-state index contributed by atoms with van der Waals surface area (Å²) in [5, 5.41) is 8.52. The standard InChI is InChI=1S/C7H7BNO/c1-6(8-10)7-4-2-3-5-9-7/h2-5,10H,1H2. The monoisotopic (exact) mass is 132 g/mol. The maximum absolute atomic E-state index is 8.52. The lowest BCUT2D eigenvalue weighted by Gasteiger charge is -1.96. The van der Waals surface area contributed by atoms with Gasteiger partial charge in [0.05, 0.1) is 5.69 Å². The number of nitrogens with zero attached hydrogens (tertiary/aromatic N) is 1. The van der Waals surface area contributed by atoms with Crippen LogP contribution in [0.5, 0.6) is 0 Å². The van der Waals surface area contributed by atoms with Gasteiger partial charge in [-0.05, 0) is 17.6 Å². The van der Waals surface area contributed by atoms with Gasteiger partial charge in [0.15, 0.2) is 0 Å². The molecule has 1 aromatic heterocycles. The first-order chi connectivity index (χ1) is 4.84. The van der Waals surface area contributed by atoms with E-state index in [4.69, 9.17) is 5.02 Å². The zero-order chi connectivity index (χ0) is 7.40. The molecule has 49 valence electrons. The van der Waals surface area contributed by atoms with Crippen molar-refractivity contribution in [2.24, 2.45) is 0 Å². The highest BCUT2D eigenvalue weighted by atomic mass is 16.2. The summed E-state index contributed by atoms with van der Waals surface area (Å²) in [6.07, 6.45) is 1.66. The van der Waals surface area contributed by atoms with Gasteiger partial charge in [-0.1, -0.05) is 6.07 Å². The number of aromatic nitrogens is 1. The van der Waals surface area contributed by atoms with Crippen LogP contribution in [0.15, 0.2) is 31.0 Å². The molecular formula is C7H7BNO. The summed E-state index contributed by atoms with van der Waals surface area (Å²) < 4.78 is 0. The number of rotatable bonds is 2. The van der Waals surface area contributed by atoms with Crippen LogP contribution in [-0.4, -0.2) is 17.5 Å². The van der Waals surface area contributed by atoms with Crippen molar-refractivity contribution >= 4 is 13.0 Å². The summed E-state index contributed by atoms with van der Waals surface area (Å²) in [6, 6.07) is 5.44. The molecule has 0 saturated carbocycles. The van der Waals surface area contributed by atoms with E-state index in [1.807, 2.05) is 12.1 Å². The van der Waals surface area contributed by atoms with Crippen molar-refractivity contribution in [1.29, 1.82) is 0 Å². The van der Waals surface area contributed by atoms with E-state index in [1.54, 1.807) is 12.3 Å². The zero-order valence-electron chi connectivity index (χ0n) is 5.49. The summed E-state index contributed by atoms with van der Waals surface area (Å²) in [5.74, 6) is 0. The Balaban J connectivity index is 2.85. The maximum Gasteiger partial charge on any atom is 0.328 e. The molecule has 10 heavy (non-hydrogen) atoms. The quantitative estimate of drug-likeness (QED) is 0.599. The van der Waals surface area contributed by atoms with E-state index in [-0.39, 0.29) is 0 Å². The fourth-order valence-electron chi connectivity index (χ4n) is 0.619. The molecule has 0 amide bonds. The van der Waals surface area contributed by atoms with Crippen LogP contribution in [0, 0.1) is 0 Å². The third-order valence-electron chi connectivity index (χ3n) is 1.15. The second kappa shape index (κ2) is 3.18. The fourth-order valence-corrected chi connectivity index (χ4v) is 0.619. The van der Waals surface area contributed by atoms with Gasteiger partial charge in [-0.25, -0.2) is 0 Å². The SMILES string of the molecule is C=C([B]O)c1ccccn1. The minimum atomic E-state index is 0.528. The van der Waals surface area contributed by atoms with Crippen molar-refractivity contribution in [3.63, 3.8) is 0 Å². The molecule has 0 aromatic carbocycles. The van der Waals surface area contributed by atoms with Crippen molar-refractivity contribution in [3.8, 4) is 0 Å². The van der Waals surface area contributed by atoms with Crippen LogP contribution in [0.1, 0.15) is 5.69 Å². The minimum absolute atomic E-state index is 0.528. The number of hydrogen-bond donors (Lipinski definition) is 1. The van der Waals surface area contributed by atoms with Gasteiger partial charge in [0.1, 0.15) is 0 Å². The minimum Gasteiger partial charge on any atom is -0.450 e. The van der Waals surface area contributed by atoms with Crippen LogP contribution >= 0.6 is 0 Å². The van der Waals surface area contributed by atoms with Gasteiger partial charge in [0.25, 0.3) is 0 Å². The van der Waals surface area contributed by atoms with Gasteiger partial charge >= 0.3 is 7.48 Å². The first-order valence-electron chi connectivity index (χ1n) is 2.92. The molecule has 0 aliphatic carbocycles. The van der Waals surface area contributed by atoms with E-state index in [0.29, 0.717) is 11.2 Å². The van der Waals surface area contributed by atoms with Gasteiger partial charge in [-0.2, -0.15) is 0 Å². The lowest BCUT2D eigenvalue weighted by Crippen LogP contribution is -1.94. The number of pyridine rings is 1. The molecule has 0 spiro atoms. The molecule has 1 heterocycles. The average molecular weight is 132 g/mol. The molecule has 0 unspecified atom stereocenters. The molecule has 0 aliphatic rings. The van der Waals surface area contributed by atoms with Crippen molar-refractivity contribution in [2.45, 2.75) is 0 Å². The molecular weight excluding hydrogens is 125 g/mol. The van der Waals surface area contributed by atoms with Gasteiger partial charge in [-0.15, -0.1) is 6.58 Å². The largest absolute Gasteiger partial charge is 0.450 e. The Morgan fingerprint density at radius 2 is 2.40 bits per heavy atom. The molecule has 0 saturated heterocycles. The predicted octanol–water partition coefficient (Wildman–Crippen LogP) is 0.664. The molecule has 2 nitrogen and oxygen atoms in total. The Morgan fingerprint density at radius 3 is 2.90 bits per heavy atom. The molecule has 1 aromatic rings. The summed E-state index contributed by atoms with van der Waals surface area (Å²) >= 11 is 0. The van der Waals surface area contributed by atoms with Crippen molar-refractivity contribution in [3.05, 3.63) is 36.7 Å². The molecule has 0 fully saturated rings. The Hall–Kier alpha value is -1.09. The van der Waals surface area contributed by atoms with Gasteiger partial charge < -0.3 is 5.02 Å². The Morgan fingerprint density at radius 1 is 1.60 bits per heavy atom. The Labute approximate surface area is 60.5 Å².